The minimum Gasteiger partial charge on any atom is -0.295 e. The van der Waals surface area contributed by atoms with Crippen molar-refractivity contribution in [3.63, 3.8) is 0 Å². The summed E-state index contributed by atoms with van der Waals surface area (Å²) in [6.45, 7) is 2.03. The molecule has 0 aliphatic rings. The average Bonchev–Trinajstić information content (AvgIpc) is 2.40. The number of hydrogen-bond donors (Lipinski definition) is 1. The Hall–Kier alpha value is -2.23. The number of nitrogens with zero attached hydrogens (tertiary/aromatic N) is 2. The van der Waals surface area contributed by atoms with Crippen LogP contribution in [-0.4, -0.2) is 15.9 Å². The molecule has 0 saturated heterocycles. The van der Waals surface area contributed by atoms with Gasteiger partial charge in [-0.05, 0) is 17.5 Å². The molecule has 0 bridgehead atoms. The molecule has 1 atom stereocenters. The van der Waals surface area contributed by atoms with Crippen LogP contribution < -0.4 is 5.32 Å². The fourth-order valence-corrected chi connectivity index (χ4v) is 1.72. The topological polar surface area (TPSA) is 54.9 Å². The number of anilines is 1. The van der Waals surface area contributed by atoms with E-state index in [2.05, 4.69) is 15.3 Å². The maximum absolute atomic E-state index is 11.8. The van der Waals surface area contributed by atoms with Crippen LogP contribution in [0.15, 0.2) is 48.8 Å². The molecular formula is C14H15N3O. The highest BCUT2D eigenvalue weighted by Gasteiger charge is 2.11. The zero-order chi connectivity index (χ0) is 12.8. The second kappa shape index (κ2) is 5.91. The molecule has 1 aromatic carbocycles. The van der Waals surface area contributed by atoms with Crippen LogP contribution in [0.5, 0.6) is 0 Å². The van der Waals surface area contributed by atoms with E-state index in [4.69, 9.17) is 0 Å². The standard InChI is InChI=1S/C14H15N3O/c1-11(12-6-3-2-4-7-12)10-13(18)17-14-15-8-5-9-16-14/h2-9,11H,10H2,1H3,(H,15,16,17,18). The van der Waals surface area contributed by atoms with Gasteiger partial charge in [-0.15, -0.1) is 0 Å². The summed E-state index contributed by atoms with van der Waals surface area (Å²) in [4.78, 5) is 19.7. The molecule has 0 fully saturated rings. The van der Waals surface area contributed by atoms with E-state index in [0.717, 1.165) is 5.56 Å². The van der Waals surface area contributed by atoms with Crippen molar-refractivity contribution in [2.45, 2.75) is 19.3 Å². The maximum Gasteiger partial charge on any atom is 0.229 e. The van der Waals surface area contributed by atoms with Gasteiger partial charge in [0.25, 0.3) is 0 Å². The van der Waals surface area contributed by atoms with Gasteiger partial charge in [0.1, 0.15) is 0 Å². The van der Waals surface area contributed by atoms with Gasteiger partial charge in [-0.3, -0.25) is 10.1 Å². The molecule has 1 unspecified atom stereocenters. The smallest absolute Gasteiger partial charge is 0.229 e. The molecule has 0 radical (unpaired) electrons. The third-order valence-electron chi connectivity index (χ3n) is 2.68. The largest absolute Gasteiger partial charge is 0.295 e. The summed E-state index contributed by atoms with van der Waals surface area (Å²) < 4.78 is 0. The third-order valence-corrected chi connectivity index (χ3v) is 2.68. The van der Waals surface area contributed by atoms with Crippen LogP contribution >= 0.6 is 0 Å². The van der Waals surface area contributed by atoms with Crippen molar-refractivity contribution in [2.75, 3.05) is 5.32 Å². The molecule has 92 valence electrons. The van der Waals surface area contributed by atoms with Gasteiger partial charge in [-0.2, -0.15) is 0 Å². The number of rotatable bonds is 4. The molecule has 1 amide bonds. The highest BCUT2D eigenvalue weighted by Crippen LogP contribution is 2.18. The highest BCUT2D eigenvalue weighted by molar-refractivity contribution is 5.89. The lowest BCUT2D eigenvalue weighted by Crippen LogP contribution is -2.16. The quantitative estimate of drug-likeness (QED) is 0.895. The third kappa shape index (κ3) is 3.38. The lowest BCUT2D eigenvalue weighted by Gasteiger charge is -2.11. The Bertz CT molecular complexity index is 499. The van der Waals surface area contributed by atoms with Gasteiger partial charge in [0.05, 0.1) is 0 Å². The van der Waals surface area contributed by atoms with Crippen molar-refractivity contribution in [2.24, 2.45) is 0 Å². The second-order valence-electron chi connectivity index (χ2n) is 4.14. The van der Waals surface area contributed by atoms with Gasteiger partial charge in [0.15, 0.2) is 0 Å². The van der Waals surface area contributed by atoms with Gasteiger partial charge in [-0.25, -0.2) is 9.97 Å². The number of amides is 1. The van der Waals surface area contributed by atoms with Crippen LogP contribution in [0.1, 0.15) is 24.8 Å². The van der Waals surface area contributed by atoms with Crippen molar-refractivity contribution in [1.29, 1.82) is 0 Å². The Morgan fingerprint density at radius 2 is 1.83 bits per heavy atom. The van der Waals surface area contributed by atoms with Gasteiger partial charge >= 0.3 is 0 Å². The van der Waals surface area contributed by atoms with E-state index < -0.39 is 0 Å². The molecule has 2 rings (SSSR count). The Morgan fingerprint density at radius 1 is 1.17 bits per heavy atom. The Labute approximate surface area is 106 Å². The molecule has 18 heavy (non-hydrogen) atoms. The van der Waals surface area contributed by atoms with E-state index in [1.807, 2.05) is 37.3 Å². The second-order valence-corrected chi connectivity index (χ2v) is 4.14. The number of carbonyl (C=O) groups excluding carboxylic acids is 1. The number of hydrogen-bond acceptors (Lipinski definition) is 3. The monoisotopic (exact) mass is 241 g/mol. The molecule has 0 aliphatic carbocycles. The molecule has 2 aromatic rings. The van der Waals surface area contributed by atoms with Crippen molar-refractivity contribution in [1.82, 2.24) is 9.97 Å². The molecule has 1 N–H and O–H groups in total. The SMILES string of the molecule is CC(CC(=O)Nc1ncccn1)c1ccccc1. The first-order chi connectivity index (χ1) is 8.75. The van der Waals surface area contributed by atoms with Crippen molar-refractivity contribution < 1.29 is 4.79 Å². The van der Waals surface area contributed by atoms with Crippen molar-refractivity contribution in [3.05, 3.63) is 54.4 Å². The van der Waals surface area contributed by atoms with E-state index in [-0.39, 0.29) is 11.8 Å². The highest BCUT2D eigenvalue weighted by atomic mass is 16.1. The summed E-state index contributed by atoms with van der Waals surface area (Å²) >= 11 is 0. The van der Waals surface area contributed by atoms with Crippen LogP contribution in [-0.2, 0) is 4.79 Å². The van der Waals surface area contributed by atoms with Gasteiger partial charge in [0, 0.05) is 18.8 Å². The van der Waals surface area contributed by atoms with Crippen molar-refractivity contribution in [3.8, 4) is 0 Å². The van der Waals surface area contributed by atoms with Crippen LogP contribution in [0.2, 0.25) is 0 Å². The molecule has 4 heteroatoms. The summed E-state index contributed by atoms with van der Waals surface area (Å²) in [5.41, 5.74) is 1.15. The minimum absolute atomic E-state index is 0.0717. The Balaban J connectivity index is 1.92. The number of carbonyl (C=O) groups is 1. The first-order valence-electron chi connectivity index (χ1n) is 5.87. The number of aromatic nitrogens is 2. The minimum atomic E-state index is -0.0717. The molecule has 1 heterocycles. The van der Waals surface area contributed by atoms with E-state index in [1.165, 1.54) is 0 Å². The zero-order valence-electron chi connectivity index (χ0n) is 10.2. The molecule has 0 aliphatic heterocycles. The van der Waals surface area contributed by atoms with Crippen LogP contribution in [0.25, 0.3) is 0 Å². The van der Waals surface area contributed by atoms with E-state index >= 15 is 0 Å². The predicted molar refractivity (Wildman–Crippen MR) is 70.1 cm³/mol. The molecular weight excluding hydrogens is 226 g/mol. The fraction of sp³-hybridized carbons (Fsp3) is 0.214. The predicted octanol–water partition coefficient (Wildman–Crippen LogP) is 2.61. The van der Waals surface area contributed by atoms with E-state index in [9.17, 15) is 4.79 Å². The summed E-state index contributed by atoms with van der Waals surface area (Å²) in [5.74, 6) is 0.454. The van der Waals surface area contributed by atoms with Crippen molar-refractivity contribution >= 4 is 11.9 Å². The molecule has 1 aromatic heterocycles. The normalized spacial score (nSPS) is 11.8. The Morgan fingerprint density at radius 3 is 2.50 bits per heavy atom. The summed E-state index contributed by atoms with van der Waals surface area (Å²) in [7, 11) is 0. The first kappa shape index (κ1) is 12.2. The summed E-state index contributed by atoms with van der Waals surface area (Å²) in [5, 5.41) is 2.68. The molecule has 4 nitrogen and oxygen atoms in total. The fourth-order valence-electron chi connectivity index (χ4n) is 1.72. The van der Waals surface area contributed by atoms with Crippen LogP contribution in [0, 0.1) is 0 Å². The lowest BCUT2D eigenvalue weighted by atomic mass is 9.98. The van der Waals surface area contributed by atoms with Crippen LogP contribution in [0.4, 0.5) is 5.95 Å². The summed E-state index contributed by atoms with van der Waals surface area (Å²) in [6, 6.07) is 11.7. The molecule has 0 saturated carbocycles. The van der Waals surface area contributed by atoms with Gasteiger partial charge in [0.2, 0.25) is 11.9 Å². The summed E-state index contributed by atoms with van der Waals surface area (Å²) in [6.07, 6.45) is 3.62. The number of nitrogens with one attached hydrogen (secondary N) is 1. The Kier molecular flexibility index (Phi) is 4.02. The maximum atomic E-state index is 11.8. The average molecular weight is 241 g/mol. The zero-order valence-corrected chi connectivity index (χ0v) is 10.2. The number of benzene rings is 1. The van der Waals surface area contributed by atoms with E-state index in [1.54, 1.807) is 18.5 Å². The lowest BCUT2D eigenvalue weighted by molar-refractivity contribution is -0.116. The van der Waals surface area contributed by atoms with Gasteiger partial charge < -0.3 is 0 Å². The van der Waals surface area contributed by atoms with Crippen LogP contribution in [0.3, 0.4) is 0 Å². The molecule has 0 spiro atoms. The first-order valence-corrected chi connectivity index (χ1v) is 5.87. The van der Waals surface area contributed by atoms with Gasteiger partial charge in [-0.1, -0.05) is 37.3 Å². The van der Waals surface area contributed by atoms with E-state index in [0.29, 0.717) is 12.4 Å².